The molecule has 0 aliphatic rings. The van der Waals surface area contributed by atoms with E-state index in [2.05, 4.69) is 144 Å². The lowest BCUT2D eigenvalue weighted by Gasteiger charge is -2.19. The molecule has 198 valence electrons. The number of benzene rings is 6. The second-order valence-electron chi connectivity index (χ2n) is 10.9. The molecule has 42 heavy (non-hydrogen) atoms. The lowest BCUT2D eigenvalue weighted by atomic mass is 9.83. The Kier molecular flexibility index (Phi) is 5.72. The number of rotatable bonds is 4. The van der Waals surface area contributed by atoms with Crippen LogP contribution in [-0.2, 0) is 0 Å². The molecule has 0 unspecified atom stereocenters. The molecule has 0 saturated heterocycles. The third-order valence-electron chi connectivity index (χ3n) is 8.53. The summed E-state index contributed by atoms with van der Waals surface area (Å²) in [5.41, 5.74) is 10.9. The first-order valence-electron chi connectivity index (χ1n) is 14.4. The summed E-state index contributed by atoms with van der Waals surface area (Å²) in [5.74, 6) is 0. The summed E-state index contributed by atoms with van der Waals surface area (Å²) in [4.78, 5) is 7.72. The Labute approximate surface area is 244 Å². The number of nitrogens with zero attached hydrogens (tertiary/aromatic N) is 1. The van der Waals surface area contributed by atoms with Gasteiger partial charge in [-0.25, -0.2) is 0 Å². The maximum Gasteiger partial charge on any atom is 0.0450 e. The predicted molar refractivity (Wildman–Crippen MR) is 178 cm³/mol. The summed E-state index contributed by atoms with van der Waals surface area (Å²) in [6.07, 6.45) is 5.91. The highest BCUT2D eigenvalue weighted by molar-refractivity contribution is 6.24. The molecule has 0 radical (unpaired) electrons. The number of pyridine rings is 1. The maximum absolute atomic E-state index is 4.50. The summed E-state index contributed by atoms with van der Waals surface area (Å²) >= 11 is 0. The van der Waals surface area contributed by atoms with Crippen LogP contribution in [0.3, 0.4) is 0 Å². The van der Waals surface area contributed by atoms with Crippen LogP contribution in [0.1, 0.15) is 5.69 Å². The molecule has 8 rings (SSSR count). The third kappa shape index (κ3) is 3.84. The van der Waals surface area contributed by atoms with Gasteiger partial charge in [0.25, 0.3) is 0 Å². The van der Waals surface area contributed by atoms with Crippen LogP contribution in [0.25, 0.3) is 76.8 Å². The molecule has 0 aliphatic heterocycles. The first kappa shape index (κ1) is 24.3. The van der Waals surface area contributed by atoms with Gasteiger partial charge in [-0.3, -0.25) is 4.98 Å². The fourth-order valence-corrected chi connectivity index (χ4v) is 6.60. The van der Waals surface area contributed by atoms with Crippen molar-refractivity contribution < 1.29 is 0 Å². The van der Waals surface area contributed by atoms with Crippen molar-refractivity contribution in [2.24, 2.45) is 0 Å². The lowest BCUT2D eigenvalue weighted by Crippen LogP contribution is -1.92. The van der Waals surface area contributed by atoms with Gasteiger partial charge in [0.2, 0.25) is 0 Å². The third-order valence-corrected chi connectivity index (χ3v) is 8.53. The summed E-state index contributed by atoms with van der Waals surface area (Å²) in [5, 5.41) is 7.56. The van der Waals surface area contributed by atoms with Gasteiger partial charge in [-0.05, 0) is 90.3 Å². The highest BCUT2D eigenvalue weighted by Gasteiger charge is 2.19. The molecule has 0 bridgehead atoms. The zero-order chi connectivity index (χ0) is 28.0. The highest BCUT2D eigenvalue weighted by Crippen LogP contribution is 2.46. The van der Waals surface area contributed by atoms with Crippen molar-refractivity contribution in [2.75, 3.05) is 0 Å². The van der Waals surface area contributed by atoms with Crippen LogP contribution in [-0.4, -0.2) is 9.97 Å². The second-order valence-corrected chi connectivity index (χ2v) is 10.9. The minimum absolute atomic E-state index is 1.04. The summed E-state index contributed by atoms with van der Waals surface area (Å²) in [7, 11) is 0. The fraction of sp³-hybridized carbons (Fsp3) is 0.0250. The van der Waals surface area contributed by atoms with Crippen LogP contribution in [0, 0.1) is 6.92 Å². The molecule has 2 aromatic heterocycles. The van der Waals surface area contributed by atoms with Gasteiger partial charge in [0.15, 0.2) is 0 Å². The van der Waals surface area contributed by atoms with Crippen LogP contribution in [0.15, 0.2) is 146 Å². The van der Waals surface area contributed by atoms with Crippen LogP contribution in [0.4, 0.5) is 0 Å². The number of aromatic nitrogens is 2. The number of fused-ring (bicyclic) bond motifs is 3. The molecule has 0 atom stereocenters. The van der Waals surface area contributed by atoms with Crippen LogP contribution >= 0.6 is 0 Å². The fourth-order valence-electron chi connectivity index (χ4n) is 6.60. The van der Waals surface area contributed by atoms with E-state index in [0.29, 0.717) is 0 Å². The van der Waals surface area contributed by atoms with E-state index in [9.17, 15) is 0 Å². The molecule has 8 aromatic rings. The Morgan fingerprint density at radius 1 is 0.429 bits per heavy atom. The molecule has 0 amide bonds. The molecule has 2 heteroatoms. The number of nitrogens with one attached hydrogen (secondary N) is 1. The number of hydrogen-bond donors (Lipinski definition) is 1. The quantitative estimate of drug-likeness (QED) is 0.223. The largest absolute Gasteiger partial charge is 0.367 e. The normalized spacial score (nSPS) is 11.5. The van der Waals surface area contributed by atoms with Crippen molar-refractivity contribution >= 4 is 32.3 Å². The van der Waals surface area contributed by atoms with Crippen LogP contribution in [0.2, 0.25) is 0 Å². The molecule has 0 fully saturated rings. The van der Waals surface area contributed by atoms with E-state index in [4.69, 9.17) is 0 Å². The van der Waals surface area contributed by atoms with Crippen molar-refractivity contribution in [1.82, 2.24) is 9.97 Å². The van der Waals surface area contributed by atoms with E-state index in [1.54, 1.807) is 0 Å². The van der Waals surface area contributed by atoms with Gasteiger partial charge < -0.3 is 4.98 Å². The molecule has 2 heterocycles. The molecule has 0 saturated carbocycles. The minimum atomic E-state index is 1.04. The van der Waals surface area contributed by atoms with Gasteiger partial charge in [0, 0.05) is 29.8 Å². The first-order chi connectivity index (χ1) is 20.8. The molecule has 0 aliphatic carbocycles. The number of H-pyrrole nitrogens is 1. The topological polar surface area (TPSA) is 28.7 Å². The SMILES string of the molecule is Cc1ncccc1-c1ccc(-c2c3ccccc3c(-c3ccc(-c4cc[nH]c4)c4ccccc34)c3ccccc23)cc1. The van der Waals surface area contributed by atoms with Gasteiger partial charge in [-0.1, -0.05) is 115 Å². The van der Waals surface area contributed by atoms with Crippen molar-refractivity contribution in [3.05, 3.63) is 152 Å². The van der Waals surface area contributed by atoms with E-state index in [1.165, 1.54) is 76.8 Å². The monoisotopic (exact) mass is 536 g/mol. The van der Waals surface area contributed by atoms with Crippen molar-refractivity contribution in [2.45, 2.75) is 6.92 Å². The second kappa shape index (κ2) is 9.87. The Morgan fingerprint density at radius 3 is 1.57 bits per heavy atom. The average Bonchev–Trinajstić information content (AvgIpc) is 3.59. The van der Waals surface area contributed by atoms with Crippen LogP contribution in [0.5, 0.6) is 0 Å². The van der Waals surface area contributed by atoms with Gasteiger partial charge in [-0.2, -0.15) is 0 Å². The standard InChI is InChI=1S/C40H28N2/c1-26-30(15-8-23-42-26)27-16-18-28(19-17-27)39-34-11-4-6-13-36(34)40(37-14-7-5-12-35(37)39)38-21-20-31(29-22-24-41-25-29)32-9-2-3-10-33(32)38/h2-25,41H,1H3. The van der Waals surface area contributed by atoms with Crippen molar-refractivity contribution in [1.29, 1.82) is 0 Å². The summed E-state index contributed by atoms with van der Waals surface area (Å²) in [6, 6.07) is 46.4. The molecule has 0 spiro atoms. The smallest absolute Gasteiger partial charge is 0.0450 e. The molecule has 2 nitrogen and oxygen atoms in total. The zero-order valence-electron chi connectivity index (χ0n) is 23.3. The Bertz CT molecular complexity index is 2180. The maximum atomic E-state index is 4.50. The molecular formula is C40H28N2. The molecule has 1 N–H and O–H groups in total. The zero-order valence-corrected chi connectivity index (χ0v) is 23.3. The van der Waals surface area contributed by atoms with E-state index < -0.39 is 0 Å². The summed E-state index contributed by atoms with van der Waals surface area (Å²) in [6.45, 7) is 2.07. The van der Waals surface area contributed by atoms with E-state index in [1.807, 2.05) is 18.5 Å². The van der Waals surface area contributed by atoms with E-state index >= 15 is 0 Å². The summed E-state index contributed by atoms with van der Waals surface area (Å²) < 4.78 is 0. The molecular weight excluding hydrogens is 508 g/mol. The van der Waals surface area contributed by atoms with Gasteiger partial charge in [0.1, 0.15) is 0 Å². The van der Waals surface area contributed by atoms with E-state index in [-0.39, 0.29) is 0 Å². The Morgan fingerprint density at radius 2 is 0.976 bits per heavy atom. The Hall–Kier alpha value is -5.47. The van der Waals surface area contributed by atoms with Gasteiger partial charge in [0.05, 0.1) is 0 Å². The first-order valence-corrected chi connectivity index (χ1v) is 14.4. The average molecular weight is 537 g/mol. The van der Waals surface area contributed by atoms with Crippen molar-refractivity contribution in [3.8, 4) is 44.5 Å². The lowest BCUT2D eigenvalue weighted by molar-refractivity contribution is 1.20. The number of aromatic amines is 1. The number of hydrogen-bond acceptors (Lipinski definition) is 1. The van der Waals surface area contributed by atoms with Crippen LogP contribution < -0.4 is 0 Å². The van der Waals surface area contributed by atoms with Gasteiger partial charge in [-0.15, -0.1) is 0 Å². The Balaban J connectivity index is 1.40. The van der Waals surface area contributed by atoms with Crippen molar-refractivity contribution in [3.63, 3.8) is 0 Å². The highest BCUT2D eigenvalue weighted by atomic mass is 14.7. The number of aryl methyl sites for hydroxylation is 1. The van der Waals surface area contributed by atoms with Gasteiger partial charge >= 0.3 is 0 Å². The minimum Gasteiger partial charge on any atom is -0.367 e. The van der Waals surface area contributed by atoms with E-state index in [0.717, 1.165) is 5.69 Å². The predicted octanol–water partition coefficient (Wildman–Crippen LogP) is 10.8. The molecule has 6 aromatic carbocycles.